The van der Waals surface area contributed by atoms with Crippen LogP contribution in [0, 0.1) is 9.87 Å². The van der Waals surface area contributed by atoms with E-state index in [2.05, 4.69) is 17.3 Å². The van der Waals surface area contributed by atoms with Gasteiger partial charge in [-0.15, -0.1) is 5.10 Å². The summed E-state index contributed by atoms with van der Waals surface area (Å²) < 4.78 is 3.01. The smallest absolute Gasteiger partial charge is 0.230 e. The second kappa shape index (κ2) is 9.06. The number of nitrogens with one attached hydrogen (secondary N) is 1. The Balaban J connectivity index is 1.61. The molecule has 2 aromatic rings. The van der Waals surface area contributed by atoms with E-state index in [4.69, 9.17) is 35.4 Å². The van der Waals surface area contributed by atoms with Crippen LogP contribution in [0.25, 0.3) is 5.69 Å². The van der Waals surface area contributed by atoms with E-state index in [-0.39, 0.29) is 5.91 Å². The van der Waals surface area contributed by atoms with Gasteiger partial charge in [-0.3, -0.25) is 4.79 Å². The summed E-state index contributed by atoms with van der Waals surface area (Å²) in [6.45, 7) is 2.21. The predicted molar refractivity (Wildman–Crippen MR) is 113 cm³/mol. The lowest BCUT2D eigenvalue weighted by atomic mass is 9.86. The molecule has 0 aliphatic heterocycles. The first kappa shape index (κ1) is 20.1. The number of carbonyl (C=O) groups is 1. The van der Waals surface area contributed by atoms with Crippen LogP contribution in [0.3, 0.4) is 0 Å². The van der Waals surface area contributed by atoms with E-state index in [0.29, 0.717) is 31.7 Å². The van der Waals surface area contributed by atoms with Crippen molar-refractivity contribution in [1.29, 1.82) is 0 Å². The van der Waals surface area contributed by atoms with E-state index in [9.17, 15) is 4.79 Å². The summed E-state index contributed by atoms with van der Waals surface area (Å²) in [5.41, 5.74) is 0.757. The van der Waals surface area contributed by atoms with Crippen LogP contribution in [0.2, 0.25) is 10.0 Å². The molecule has 1 heterocycles. The van der Waals surface area contributed by atoms with E-state index < -0.39 is 0 Å². The van der Waals surface area contributed by atoms with Gasteiger partial charge in [-0.25, -0.2) is 4.68 Å². The standard InChI is InChI=1S/C17H19Cl2N3OS3/c1-10-4-2-3-5-14(10)20-15(23)9-25-16-21-22(17(24)26-16)11-6-7-12(18)13(19)8-11/h6-8,10,14H,2-5,9H2,1H3,(H,20,23). The highest BCUT2D eigenvalue weighted by Crippen LogP contribution is 2.28. The van der Waals surface area contributed by atoms with Gasteiger partial charge in [0.15, 0.2) is 8.29 Å². The number of nitrogens with zero attached hydrogens (tertiary/aromatic N) is 2. The van der Waals surface area contributed by atoms with Gasteiger partial charge in [-0.1, -0.05) is 66.1 Å². The minimum atomic E-state index is 0.0518. The van der Waals surface area contributed by atoms with Crippen LogP contribution in [-0.4, -0.2) is 27.5 Å². The van der Waals surface area contributed by atoms with Gasteiger partial charge in [0.05, 0.1) is 21.5 Å². The lowest BCUT2D eigenvalue weighted by Gasteiger charge is -2.29. The first-order valence-electron chi connectivity index (χ1n) is 8.42. The van der Waals surface area contributed by atoms with Crippen molar-refractivity contribution in [3.8, 4) is 5.69 Å². The van der Waals surface area contributed by atoms with E-state index in [1.165, 1.54) is 42.4 Å². The molecular formula is C17H19Cl2N3OS3. The summed E-state index contributed by atoms with van der Waals surface area (Å²) in [6, 6.07) is 5.55. The monoisotopic (exact) mass is 447 g/mol. The molecule has 0 bridgehead atoms. The maximum Gasteiger partial charge on any atom is 0.230 e. The first-order chi connectivity index (χ1) is 12.4. The van der Waals surface area contributed by atoms with Gasteiger partial charge in [0, 0.05) is 6.04 Å². The molecule has 0 saturated heterocycles. The Morgan fingerprint density at radius 1 is 1.38 bits per heavy atom. The highest BCUT2D eigenvalue weighted by atomic mass is 35.5. The van der Waals surface area contributed by atoms with Crippen LogP contribution < -0.4 is 5.32 Å². The topological polar surface area (TPSA) is 46.9 Å². The fourth-order valence-corrected chi connectivity index (χ4v) is 5.47. The third-order valence-electron chi connectivity index (χ3n) is 4.46. The molecule has 0 spiro atoms. The molecule has 0 radical (unpaired) electrons. The van der Waals surface area contributed by atoms with E-state index in [1.54, 1.807) is 16.8 Å². The molecule has 4 nitrogen and oxygen atoms in total. The summed E-state index contributed by atoms with van der Waals surface area (Å²) in [6.07, 6.45) is 4.71. The highest BCUT2D eigenvalue weighted by Gasteiger charge is 2.22. The van der Waals surface area contributed by atoms with Crippen LogP contribution in [-0.2, 0) is 4.79 Å². The van der Waals surface area contributed by atoms with Crippen molar-refractivity contribution in [2.45, 2.75) is 43.0 Å². The molecule has 1 aromatic heterocycles. The normalized spacial score (nSPS) is 20.1. The van der Waals surface area contributed by atoms with E-state index >= 15 is 0 Å². The van der Waals surface area contributed by atoms with Crippen molar-refractivity contribution < 1.29 is 4.79 Å². The molecule has 1 amide bonds. The van der Waals surface area contributed by atoms with Gasteiger partial charge in [-0.2, -0.15) is 0 Å². The molecule has 1 aliphatic rings. The van der Waals surface area contributed by atoms with Gasteiger partial charge in [0.25, 0.3) is 0 Å². The van der Waals surface area contributed by atoms with Crippen molar-refractivity contribution in [3.63, 3.8) is 0 Å². The van der Waals surface area contributed by atoms with Crippen molar-refractivity contribution in [2.24, 2.45) is 5.92 Å². The summed E-state index contributed by atoms with van der Waals surface area (Å²) in [7, 11) is 0. The van der Waals surface area contributed by atoms with Crippen molar-refractivity contribution >= 4 is 64.4 Å². The van der Waals surface area contributed by atoms with Gasteiger partial charge in [-0.05, 0) is 49.2 Å². The maximum absolute atomic E-state index is 12.3. The maximum atomic E-state index is 12.3. The Morgan fingerprint density at radius 2 is 2.15 bits per heavy atom. The molecule has 1 N–H and O–H groups in total. The summed E-state index contributed by atoms with van der Waals surface area (Å²) in [5.74, 6) is 0.942. The van der Waals surface area contributed by atoms with Gasteiger partial charge >= 0.3 is 0 Å². The average molecular weight is 448 g/mol. The number of hydrogen-bond donors (Lipinski definition) is 1. The number of thioether (sulfide) groups is 1. The summed E-state index contributed by atoms with van der Waals surface area (Å²) >= 11 is 20.2. The number of aromatic nitrogens is 2. The molecule has 9 heteroatoms. The third-order valence-corrected chi connectivity index (χ3v) is 7.57. The van der Waals surface area contributed by atoms with E-state index in [1.807, 2.05) is 6.07 Å². The molecule has 1 fully saturated rings. The molecule has 1 saturated carbocycles. The zero-order chi connectivity index (χ0) is 18.7. The Labute approximate surface area is 176 Å². The summed E-state index contributed by atoms with van der Waals surface area (Å²) in [4.78, 5) is 12.3. The van der Waals surface area contributed by atoms with Crippen LogP contribution in [0.5, 0.6) is 0 Å². The number of carbonyl (C=O) groups excluding carboxylic acids is 1. The Morgan fingerprint density at radius 3 is 2.88 bits per heavy atom. The highest BCUT2D eigenvalue weighted by molar-refractivity contribution is 8.01. The van der Waals surface area contributed by atoms with Crippen LogP contribution >= 0.6 is 58.5 Å². The number of halogens is 2. The third kappa shape index (κ3) is 5.01. The molecule has 140 valence electrons. The van der Waals surface area contributed by atoms with Crippen molar-refractivity contribution in [1.82, 2.24) is 15.1 Å². The SMILES string of the molecule is CC1CCCCC1NC(=O)CSc1nn(-c2ccc(Cl)c(Cl)c2)c(=S)s1. The second-order valence-electron chi connectivity index (χ2n) is 6.37. The Kier molecular flexibility index (Phi) is 7.02. The molecule has 1 aliphatic carbocycles. The van der Waals surface area contributed by atoms with Gasteiger partial charge in [0.2, 0.25) is 5.91 Å². The molecule has 2 unspecified atom stereocenters. The number of hydrogen-bond acceptors (Lipinski definition) is 5. The van der Waals surface area contributed by atoms with Crippen LogP contribution in [0.1, 0.15) is 32.6 Å². The largest absolute Gasteiger partial charge is 0.352 e. The minimum absolute atomic E-state index is 0.0518. The summed E-state index contributed by atoms with van der Waals surface area (Å²) in [5, 5.41) is 8.59. The zero-order valence-corrected chi connectivity index (χ0v) is 18.2. The Bertz CT molecular complexity index is 852. The predicted octanol–water partition coefficient (Wildman–Crippen LogP) is 5.76. The molecule has 1 aromatic carbocycles. The second-order valence-corrected chi connectivity index (χ2v) is 10.0. The number of amides is 1. The molecule has 26 heavy (non-hydrogen) atoms. The van der Waals surface area contributed by atoms with Crippen LogP contribution in [0.4, 0.5) is 0 Å². The minimum Gasteiger partial charge on any atom is -0.352 e. The number of rotatable bonds is 5. The van der Waals surface area contributed by atoms with Gasteiger partial charge < -0.3 is 5.32 Å². The Hall–Kier alpha value is -0.600. The lowest BCUT2D eigenvalue weighted by Crippen LogP contribution is -2.41. The molecule has 2 atom stereocenters. The molecular weight excluding hydrogens is 429 g/mol. The van der Waals surface area contributed by atoms with Crippen LogP contribution in [0.15, 0.2) is 22.5 Å². The van der Waals surface area contributed by atoms with Crippen molar-refractivity contribution in [3.05, 3.63) is 32.2 Å². The fraction of sp³-hybridized carbons (Fsp3) is 0.471. The average Bonchev–Trinajstić information content (AvgIpc) is 2.98. The quantitative estimate of drug-likeness (QED) is 0.467. The zero-order valence-electron chi connectivity index (χ0n) is 14.2. The molecule has 3 rings (SSSR count). The van der Waals surface area contributed by atoms with Crippen molar-refractivity contribution in [2.75, 3.05) is 5.75 Å². The fourth-order valence-electron chi connectivity index (χ4n) is 3.01. The van der Waals surface area contributed by atoms with Gasteiger partial charge in [0.1, 0.15) is 0 Å². The number of benzene rings is 1. The lowest BCUT2D eigenvalue weighted by molar-refractivity contribution is -0.119. The van der Waals surface area contributed by atoms with E-state index in [0.717, 1.165) is 16.4 Å². The first-order valence-corrected chi connectivity index (χ1v) is 11.4.